The number of carbonyl (C=O) groups excluding carboxylic acids is 2. The van der Waals surface area contributed by atoms with Crippen molar-refractivity contribution in [3.8, 4) is 0 Å². The molecule has 23 heavy (non-hydrogen) atoms. The molecule has 1 unspecified atom stereocenters. The van der Waals surface area contributed by atoms with Crippen LogP contribution in [0.5, 0.6) is 0 Å². The molecule has 1 rings (SSSR count). The van der Waals surface area contributed by atoms with Crippen LogP contribution in [-0.4, -0.2) is 45.3 Å². The molecule has 0 bridgehead atoms. The van der Waals surface area contributed by atoms with Gasteiger partial charge in [-0.3, -0.25) is 4.79 Å². The summed E-state index contributed by atoms with van der Waals surface area (Å²) in [6.07, 6.45) is 0.145. The van der Waals surface area contributed by atoms with Gasteiger partial charge < -0.3 is 26.4 Å². The Bertz CT molecular complexity index is 508. The number of rotatable bonds is 10. The average Bonchev–Trinajstić information content (AvgIpc) is 2.50. The molecule has 0 saturated heterocycles. The van der Waals surface area contributed by atoms with E-state index in [1.807, 2.05) is 31.2 Å². The van der Waals surface area contributed by atoms with Crippen molar-refractivity contribution in [2.45, 2.75) is 19.4 Å². The first-order chi connectivity index (χ1) is 11.0. The van der Waals surface area contributed by atoms with Gasteiger partial charge in [0.15, 0.2) is 0 Å². The van der Waals surface area contributed by atoms with Crippen LogP contribution in [0.3, 0.4) is 0 Å². The highest BCUT2D eigenvalue weighted by atomic mass is 16.5. The molecule has 1 aromatic rings. The first kappa shape index (κ1) is 18.9. The van der Waals surface area contributed by atoms with Crippen molar-refractivity contribution in [1.29, 1.82) is 0 Å². The van der Waals surface area contributed by atoms with E-state index >= 15 is 0 Å². The van der Waals surface area contributed by atoms with Crippen molar-refractivity contribution >= 4 is 11.9 Å². The molecular formula is C16H26N4O3. The maximum Gasteiger partial charge on any atom is 0.312 e. The van der Waals surface area contributed by atoms with Crippen molar-refractivity contribution in [2.24, 2.45) is 5.73 Å². The third kappa shape index (κ3) is 7.62. The fourth-order valence-electron chi connectivity index (χ4n) is 2.24. The third-order valence-electron chi connectivity index (χ3n) is 3.38. The van der Waals surface area contributed by atoms with Gasteiger partial charge in [0.2, 0.25) is 5.91 Å². The van der Waals surface area contributed by atoms with Gasteiger partial charge in [0.25, 0.3) is 0 Å². The Morgan fingerprint density at radius 1 is 1.22 bits per heavy atom. The SMILES string of the molecule is COCCNCCNC(=O)CC(NC(N)=O)c1ccccc1C. The lowest BCUT2D eigenvalue weighted by molar-refractivity contribution is -0.121. The Morgan fingerprint density at radius 3 is 2.61 bits per heavy atom. The molecule has 7 heteroatoms. The van der Waals surface area contributed by atoms with Gasteiger partial charge in [-0.15, -0.1) is 0 Å². The van der Waals surface area contributed by atoms with E-state index < -0.39 is 12.1 Å². The van der Waals surface area contributed by atoms with Crippen LogP contribution in [0.15, 0.2) is 24.3 Å². The van der Waals surface area contributed by atoms with Crippen LogP contribution in [0.1, 0.15) is 23.6 Å². The van der Waals surface area contributed by atoms with Gasteiger partial charge in [0.1, 0.15) is 0 Å². The average molecular weight is 322 g/mol. The molecule has 0 aliphatic carbocycles. The Kier molecular flexibility index (Phi) is 8.71. The lowest BCUT2D eigenvalue weighted by Crippen LogP contribution is -2.38. The summed E-state index contributed by atoms with van der Waals surface area (Å²) in [4.78, 5) is 23.2. The van der Waals surface area contributed by atoms with Crippen LogP contribution < -0.4 is 21.7 Å². The number of hydrogen-bond acceptors (Lipinski definition) is 4. The summed E-state index contributed by atoms with van der Waals surface area (Å²) in [6, 6.07) is 6.52. The number of amides is 3. The van der Waals surface area contributed by atoms with Crippen LogP contribution in [-0.2, 0) is 9.53 Å². The Hall–Kier alpha value is -2.12. The summed E-state index contributed by atoms with van der Waals surface area (Å²) >= 11 is 0. The topological polar surface area (TPSA) is 105 Å². The molecule has 7 nitrogen and oxygen atoms in total. The normalized spacial score (nSPS) is 11.7. The summed E-state index contributed by atoms with van der Waals surface area (Å²) in [5.41, 5.74) is 7.11. The molecule has 0 aliphatic heterocycles. The van der Waals surface area contributed by atoms with Crippen LogP contribution in [0.2, 0.25) is 0 Å². The van der Waals surface area contributed by atoms with E-state index in [0.29, 0.717) is 19.7 Å². The number of benzene rings is 1. The molecule has 5 N–H and O–H groups in total. The van der Waals surface area contributed by atoms with Gasteiger partial charge in [-0.05, 0) is 18.1 Å². The minimum atomic E-state index is -0.646. The molecule has 1 aromatic carbocycles. The Morgan fingerprint density at radius 2 is 1.96 bits per heavy atom. The molecule has 0 spiro atoms. The number of ether oxygens (including phenoxy) is 1. The number of primary amides is 1. The number of methoxy groups -OCH3 is 1. The van der Waals surface area contributed by atoms with E-state index in [9.17, 15) is 9.59 Å². The lowest BCUT2D eigenvalue weighted by Gasteiger charge is -2.19. The largest absolute Gasteiger partial charge is 0.383 e. The highest BCUT2D eigenvalue weighted by molar-refractivity contribution is 5.78. The Balaban J connectivity index is 2.49. The zero-order valence-electron chi connectivity index (χ0n) is 13.7. The van der Waals surface area contributed by atoms with Gasteiger partial charge in [-0.1, -0.05) is 24.3 Å². The predicted molar refractivity (Wildman–Crippen MR) is 89.0 cm³/mol. The van der Waals surface area contributed by atoms with Gasteiger partial charge in [-0.25, -0.2) is 4.79 Å². The van der Waals surface area contributed by atoms with E-state index in [-0.39, 0.29) is 12.3 Å². The molecule has 1 atom stereocenters. The van der Waals surface area contributed by atoms with Crippen molar-refractivity contribution in [2.75, 3.05) is 33.4 Å². The lowest BCUT2D eigenvalue weighted by atomic mass is 9.98. The van der Waals surface area contributed by atoms with E-state index in [0.717, 1.165) is 17.7 Å². The number of carbonyl (C=O) groups is 2. The summed E-state index contributed by atoms with van der Waals surface area (Å²) in [6.45, 7) is 4.48. The van der Waals surface area contributed by atoms with Gasteiger partial charge in [-0.2, -0.15) is 0 Å². The molecule has 0 saturated carbocycles. The predicted octanol–water partition coefficient (Wildman–Crippen LogP) is 0.447. The molecule has 0 fully saturated rings. The second-order valence-corrected chi connectivity index (χ2v) is 5.21. The summed E-state index contributed by atoms with van der Waals surface area (Å²) in [7, 11) is 1.64. The van der Waals surface area contributed by atoms with E-state index in [1.54, 1.807) is 7.11 Å². The van der Waals surface area contributed by atoms with Gasteiger partial charge >= 0.3 is 6.03 Å². The third-order valence-corrected chi connectivity index (χ3v) is 3.38. The fourth-order valence-corrected chi connectivity index (χ4v) is 2.24. The van der Waals surface area contributed by atoms with Crippen LogP contribution in [0.4, 0.5) is 4.79 Å². The smallest absolute Gasteiger partial charge is 0.312 e. The standard InChI is InChI=1S/C16H26N4O3/c1-12-5-3-4-6-13(12)14(20-16(17)22)11-15(21)19-8-7-18-9-10-23-2/h3-6,14,18H,7-11H2,1-2H3,(H,19,21)(H3,17,20,22). The zero-order chi connectivity index (χ0) is 17.1. The highest BCUT2D eigenvalue weighted by Gasteiger charge is 2.18. The zero-order valence-corrected chi connectivity index (χ0v) is 13.7. The quantitative estimate of drug-likeness (QED) is 0.469. The summed E-state index contributed by atoms with van der Waals surface area (Å²) in [5, 5.41) is 8.59. The number of nitrogens with two attached hydrogens (primary N) is 1. The van der Waals surface area contributed by atoms with Crippen LogP contribution >= 0.6 is 0 Å². The van der Waals surface area contributed by atoms with Crippen molar-refractivity contribution in [1.82, 2.24) is 16.0 Å². The first-order valence-electron chi connectivity index (χ1n) is 7.62. The van der Waals surface area contributed by atoms with Crippen LogP contribution in [0.25, 0.3) is 0 Å². The number of nitrogens with one attached hydrogen (secondary N) is 3. The number of aryl methyl sites for hydroxylation is 1. The van der Waals surface area contributed by atoms with Gasteiger partial charge in [0.05, 0.1) is 19.1 Å². The molecule has 0 heterocycles. The highest BCUT2D eigenvalue weighted by Crippen LogP contribution is 2.20. The second-order valence-electron chi connectivity index (χ2n) is 5.21. The maximum absolute atomic E-state index is 12.1. The van der Waals surface area contributed by atoms with Crippen molar-refractivity contribution in [3.63, 3.8) is 0 Å². The summed E-state index contributed by atoms with van der Waals surface area (Å²) in [5.74, 6) is -0.138. The minimum absolute atomic E-state index is 0.138. The molecule has 128 valence electrons. The minimum Gasteiger partial charge on any atom is -0.383 e. The van der Waals surface area contributed by atoms with Crippen molar-refractivity contribution in [3.05, 3.63) is 35.4 Å². The van der Waals surface area contributed by atoms with E-state index in [1.165, 1.54) is 0 Å². The molecule has 0 radical (unpaired) electrons. The fraction of sp³-hybridized carbons (Fsp3) is 0.500. The molecular weight excluding hydrogens is 296 g/mol. The van der Waals surface area contributed by atoms with Crippen molar-refractivity contribution < 1.29 is 14.3 Å². The van der Waals surface area contributed by atoms with E-state index in [4.69, 9.17) is 10.5 Å². The number of hydrogen-bond donors (Lipinski definition) is 4. The van der Waals surface area contributed by atoms with E-state index in [2.05, 4.69) is 16.0 Å². The van der Waals surface area contributed by atoms with Crippen LogP contribution in [0, 0.1) is 6.92 Å². The first-order valence-corrected chi connectivity index (χ1v) is 7.62. The summed E-state index contributed by atoms with van der Waals surface area (Å²) < 4.78 is 4.92. The molecule has 0 aromatic heterocycles. The number of urea groups is 1. The Labute approximate surface area is 137 Å². The monoisotopic (exact) mass is 322 g/mol. The maximum atomic E-state index is 12.1. The molecule has 0 aliphatic rings. The second kappa shape index (κ2) is 10.6. The van der Waals surface area contributed by atoms with Gasteiger partial charge in [0, 0.05) is 26.7 Å². The molecule has 3 amide bonds.